The molecule has 2 heterocycles. The van der Waals surface area contributed by atoms with Gasteiger partial charge >= 0.3 is 0 Å². The molecule has 0 aliphatic heterocycles. The highest BCUT2D eigenvalue weighted by Gasteiger charge is 2.01. The van der Waals surface area contributed by atoms with E-state index in [1.165, 1.54) is 4.48 Å². The van der Waals surface area contributed by atoms with Gasteiger partial charge in [-0.1, -0.05) is 0 Å². The van der Waals surface area contributed by atoms with Crippen LogP contribution in [0.2, 0.25) is 0 Å². The van der Waals surface area contributed by atoms with Gasteiger partial charge in [-0.2, -0.15) is 0 Å². The van der Waals surface area contributed by atoms with Crippen molar-refractivity contribution in [3.63, 3.8) is 0 Å². The van der Waals surface area contributed by atoms with Crippen LogP contribution in [0.25, 0.3) is 11.2 Å². The SMILES string of the molecule is [B]n1c(C)nc2cccnc21. The third-order valence-electron chi connectivity index (χ3n) is 1.63. The Bertz CT molecular complexity index is 393. The lowest BCUT2D eigenvalue weighted by Crippen LogP contribution is -1.94. The minimum absolute atomic E-state index is 0.727. The first-order valence-electron chi connectivity index (χ1n) is 3.34. The average molecular weight is 143 g/mol. The Balaban J connectivity index is 2.92. The van der Waals surface area contributed by atoms with Gasteiger partial charge in [-0.25, -0.2) is 9.97 Å². The minimum Gasteiger partial charge on any atom is -0.370 e. The zero-order valence-electron chi connectivity index (χ0n) is 6.15. The van der Waals surface area contributed by atoms with Crippen molar-refractivity contribution < 1.29 is 0 Å². The van der Waals surface area contributed by atoms with Crippen molar-refractivity contribution in [1.82, 2.24) is 14.4 Å². The number of rotatable bonds is 0. The van der Waals surface area contributed by atoms with Gasteiger partial charge in [0.15, 0.2) is 0 Å². The van der Waals surface area contributed by atoms with E-state index in [2.05, 4.69) is 9.97 Å². The summed E-state index contributed by atoms with van der Waals surface area (Å²) >= 11 is 0. The minimum atomic E-state index is 0.727. The molecule has 4 heteroatoms. The molecule has 0 bridgehead atoms. The maximum Gasteiger partial charge on any atom is 0.238 e. The summed E-state index contributed by atoms with van der Waals surface area (Å²) in [7, 11) is 5.63. The van der Waals surface area contributed by atoms with Crippen LogP contribution in [0.1, 0.15) is 5.82 Å². The van der Waals surface area contributed by atoms with E-state index < -0.39 is 0 Å². The third kappa shape index (κ3) is 0.825. The Kier molecular flexibility index (Phi) is 1.21. The normalized spacial score (nSPS) is 10.6. The molecular formula is C7H6BN3. The molecule has 2 rings (SSSR count). The zero-order valence-corrected chi connectivity index (χ0v) is 6.15. The van der Waals surface area contributed by atoms with Gasteiger partial charge < -0.3 is 4.48 Å². The Hall–Kier alpha value is -1.32. The van der Waals surface area contributed by atoms with Crippen LogP contribution in [0.15, 0.2) is 18.3 Å². The Morgan fingerprint density at radius 2 is 2.36 bits per heavy atom. The molecule has 2 aromatic rings. The molecule has 11 heavy (non-hydrogen) atoms. The number of imidazole rings is 1. The van der Waals surface area contributed by atoms with E-state index in [0.717, 1.165) is 17.0 Å². The van der Waals surface area contributed by atoms with Gasteiger partial charge in [0, 0.05) is 6.20 Å². The molecule has 3 nitrogen and oxygen atoms in total. The summed E-state index contributed by atoms with van der Waals surface area (Å²) < 4.78 is 1.48. The topological polar surface area (TPSA) is 30.7 Å². The number of fused-ring (bicyclic) bond motifs is 1. The molecule has 0 saturated heterocycles. The van der Waals surface area contributed by atoms with Crippen molar-refractivity contribution in [3.05, 3.63) is 24.2 Å². The molecule has 0 aliphatic carbocycles. The standard InChI is InChI=1S/C7H6BN3/c1-5-10-6-3-2-4-9-7(6)11(5)8/h2-4H,1H3. The van der Waals surface area contributed by atoms with Crippen LogP contribution >= 0.6 is 0 Å². The fraction of sp³-hybridized carbons (Fsp3) is 0.143. The zero-order chi connectivity index (χ0) is 7.84. The van der Waals surface area contributed by atoms with E-state index in [0.29, 0.717) is 0 Å². The van der Waals surface area contributed by atoms with Gasteiger partial charge in [-0.15, -0.1) is 0 Å². The number of hydrogen-bond acceptors (Lipinski definition) is 2. The van der Waals surface area contributed by atoms with Crippen LogP contribution in [-0.2, 0) is 0 Å². The summed E-state index contributed by atoms with van der Waals surface area (Å²) in [6.45, 7) is 1.85. The highest BCUT2D eigenvalue weighted by molar-refractivity contribution is 6.10. The molecule has 0 aromatic carbocycles. The second-order valence-electron chi connectivity index (χ2n) is 2.38. The first-order valence-corrected chi connectivity index (χ1v) is 3.34. The first-order chi connectivity index (χ1) is 5.29. The monoisotopic (exact) mass is 143 g/mol. The molecule has 0 spiro atoms. The van der Waals surface area contributed by atoms with Crippen LogP contribution in [0.5, 0.6) is 0 Å². The molecule has 0 atom stereocenters. The molecule has 0 saturated carbocycles. The van der Waals surface area contributed by atoms with Gasteiger partial charge in [0.05, 0.1) is 5.82 Å². The molecule has 0 unspecified atom stereocenters. The van der Waals surface area contributed by atoms with Crippen LogP contribution in [0, 0.1) is 6.92 Å². The van der Waals surface area contributed by atoms with Crippen LogP contribution in [0.3, 0.4) is 0 Å². The molecule has 0 amide bonds. The summed E-state index contributed by atoms with van der Waals surface area (Å²) in [6, 6.07) is 3.73. The summed E-state index contributed by atoms with van der Waals surface area (Å²) in [5, 5.41) is 0. The lowest BCUT2D eigenvalue weighted by atomic mass is 10.3. The lowest BCUT2D eigenvalue weighted by Gasteiger charge is -1.93. The molecule has 2 radical (unpaired) electrons. The highest BCUT2D eigenvalue weighted by atomic mass is 15.1. The predicted molar refractivity (Wildman–Crippen MR) is 43.4 cm³/mol. The van der Waals surface area contributed by atoms with E-state index >= 15 is 0 Å². The maximum atomic E-state index is 5.63. The lowest BCUT2D eigenvalue weighted by molar-refractivity contribution is 1.09. The van der Waals surface area contributed by atoms with Gasteiger partial charge in [-0.3, -0.25) is 0 Å². The molecular weight excluding hydrogens is 137 g/mol. The van der Waals surface area contributed by atoms with Crippen LogP contribution in [-0.4, -0.2) is 22.4 Å². The van der Waals surface area contributed by atoms with E-state index in [4.69, 9.17) is 7.98 Å². The van der Waals surface area contributed by atoms with E-state index in [-0.39, 0.29) is 0 Å². The number of aromatic nitrogens is 3. The highest BCUT2D eigenvalue weighted by Crippen LogP contribution is 2.09. The van der Waals surface area contributed by atoms with Gasteiger partial charge in [-0.05, 0) is 19.1 Å². The summed E-state index contributed by atoms with van der Waals surface area (Å²) in [6.07, 6.45) is 1.70. The van der Waals surface area contributed by atoms with Crippen molar-refractivity contribution in [2.45, 2.75) is 6.92 Å². The van der Waals surface area contributed by atoms with Gasteiger partial charge in [0.1, 0.15) is 11.2 Å². The Morgan fingerprint density at radius 3 is 3.09 bits per heavy atom. The molecule has 52 valence electrons. The second kappa shape index (κ2) is 2.08. The van der Waals surface area contributed by atoms with Crippen LogP contribution < -0.4 is 0 Å². The predicted octanol–water partition coefficient (Wildman–Crippen LogP) is 0.671. The maximum absolute atomic E-state index is 5.63. The third-order valence-corrected chi connectivity index (χ3v) is 1.63. The van der Waals surface area contributed by atoms with E-state index in [1.807, 2.05) is 19.1 Å². The number of nitrogens with zero attached hydrogens (tertiary/aromatic N) is 3. The Morgan fingerprint density at radius 1 is 1.55 bits per heavy atom. The van der Waals surface area contributed by atoms with Gasteiger partial charge in [0.25, 0.3) is 0 Å². The summed E-state index contributed by atoms with van der Waals surface area (Å²) in [5.74, 6) is 0.777. The first kappa shape index (κ1) is 6.40. The molecule has 2 aromatic heterocycles. The summed E-state index contributed by atoms with van der Waals surface area (Å²) in [4.78, 5) is 8.27. The van der Waals surface area contributed by atoms with Gasteiger partial charge in [0.2, 0.25) is 7.98 Å². The van der Waals surface area contributed by atoms with Crippen molar-refractivity contribution in [2.24, 2.45) is 0 Å². The average Bonchev–Trinajstić information content (AvgIpc) is 2.30. The van der Waals surface area contributed by atoms with Crippen molar-refractivity contribution in [1.29, 1.82) is 0 Å². The van der Waals surface area contributed by atoms with E-state index in [1.54, 1.807) is 6.20 Å². The second-order valence-corrected chi connectivity index (χ2v) is 2.38. The summed E-state index contributed by atoms with van der Waals surface area (Å²) in [5.41, 5.74) is 1.57. The molecule has 0 aliphatic rings. The Labute approximate surface area is 65.5 Å². The smallest absolute Gasteiger partial charge is 0.238 e. The largest absolute Gasteiger partial charge is 0.370 e. The number of pyridine rings is 1. The van der Waals surface area contributed by atoms with Crippen molar-refractivity contribution >= 4 is 19.1 Å². The van der Waals surface area contributed by atoms with Crippen molar-refractivity contribution in [2.75, 3.05) is 0 Å². The quantitative estimate of drug-likeness (QED) is 0.507. The molecule has 0 N–H and O–H groups in total. The van der Waals surface area contributed by atoms with E-state index in [9.17, 15) is 0 Å². The molecule has 0 fully saturated rings. The fourth-order valence-electron chi connectivity index (χ4n) is 1.04. The van der Waals surface area contributed by atoms with Crippen molar-refractivity contribution in [3.8, 4) is 0 Å². The number of aryl methyl sites for hydroxylation is 1. The van der Waals surface area contributed by atoms with Crippen LogP contribution in [0.4, 0.5) is 0 Å². The fourth-order valence-corrected chi connectivity index (χ4v) is 1.04. The number of hydrogen-bond donors (Lipinski definition) is 0.